The minimum atomic E-state index is -1.27. The number of ether oxygens (including phenoxy) is 4. The third-order valence-corrected chi connectivity index (χ3v) is 4.61. The Labute approximate surface area is 189 Å². The van der Waals surface area contributed by atoms with E-state index in [0.29, 0.717) is 5.75 Å². The van der Waals surface area contributed by atoms with Gasteiger partial charge >= 0.3 is 18.2 Å². The molecule has 2 rings (SSSR count). The van der Waals surface area contributed by atoms with E-state index in [-0.39, 0.29) is 6.42 Å². The second-order valence-electron chi connectivity index (χ2n) is 9.84. The number of esters is 1. The number of methoxy groups -OCH3 is 1. The van der Waals surface area contributed by atoms with Crippen LogP contribution in [0.1, 0.15) is 54.0 Å². The van der Waals surface area contributed by atoms with E-state index in [1.165, 1.54) is 12.2 Å². The Hall–Kier alpha value is -3.03. The second kappa shape index (κ2) is 9.22. The van der Waals surface area contributed by atoms with Gasteiger partial charge in [-0.25, -0.2) is 19.3 Å². The molecule has 8 heteroatoms. The Bertz CT molecular complexity index is 877. The van der Waals surface area contributed by atoms with Gasteiger partial charge in [0.15, 0.2) is 5.60 Å². The molecule has 0 unspecified atom stereocenters. The van der Waals surface area contributed by atoms with Crippen LogP contribution >= 0.6 is 0 Å². The predicted octanol–water partition coefficient (Wildman–Crippen LogP) is 4.65. The molecule has 1 aromatic carbocycles. The number of cyclic esters (lactones) is 1. The van der Waals surface area contributed by atoms with Gasteiger partial charge < -0.3 is 18.9 Å². The first-order valence-corrected chi connectivity index (χ1v) is 10.4. The van der Waals surface area contributed by atoms with Gasteiger partial charge in [-0.3, -0.25) is 0 Å². The first kappa shape index (κ1) is 25.2. The van der Waals surface area contributed by atoms with Crippen molar-refractivity contribution in [1.29, 1.82) is 0 Å². The van der Waals surface area contributed by atoms with Gasteiger partial charge in [-0.2, -0.15) is 0 Å². The molecule has 0 saturated carbocycles. The van der Waals surface area contributed by atoms with Crippen LogP contribution in [0.2, 0.25) is 0 Å². The van der Waals surface area contributed by atoms with Crippen molar-refractivity contribution in [2.75, 3.05) is 7.11 Å². The van der Waals surface area contributed by atoms with E-state index >= 15 is 0 Å². The minimum Gasteiger partial charge on any atom is -0.497 e. The summed E-state index contributed by atoms with van der Waals surface area (Å²) >= 11 is 0. The molecular weight excluding hydrogens is 414 g/mol. The van der Waals surface area contributed by atoms with Crippen molar-refractivity contribution in [3.63, 3.8) is 0 Å². The highest BCUT2D eigenvalue weighted by Crippen LogP contribution is 2.35. The number of rotatable bonds is 5. The molecule has 0 aliphatic carbocycles. The summed E-state index contributed by atoms with van der Waals surface area (Å²) in [6.07, 6.45) is 1.31. The lowest BCUT2D eigenvalue weighted by atomic mass is 9.90. The Morgan fingerprint density at radius 2 is 1.62 bits per heavy atom. The van der Waals surface area contributed by atoms with Crippen LogP contribution in [0.3, 0.4) is 0 Å². The summed E-state index contributed by atoms with van der Waals surface area (Å²) in [6.45, 7) is 12.1. The maximum absolute atomic E-state index is 12.9. The van der Waals surface area contributed by atoms with Crippen molar-refractivity contribution in [2.24, 2.45) is 0 Å². The lowest BCUT2D eigenvalue weighted by Crippen LogP contribution is -2.48. The van der Waals surface area contributed by atoms with Crippen molar-refractivity contribution in [2.45, 2.75) is 77.7 Å². The molecule has 1 aliphatic rings. The van der Waals surface area contributed by atoms with Crippen LogP contribution in [0.4, 0.5) is 9.59 Å². The Balaban J connectivity index is 2.38. The lowest BCUT2D eigenvalue weighted by Gasteiger charge is -2.30. The highest BCUT2D eigenvalue weighted by Gasteiger charge is 2.53. The average molecular weight is 448 g/mol. The molecule has 0 aromatic heterocycles. The van der Waals surface area contributed by atoms with Gasteiger partial charge in [0.05, 0.1) is 13.2 Å². The van der Waals surface area contributed by atoms with Crippen LogP contribution in [0.15, 0.2) is 36.4 Å². The summed E-state index contributed by atoms with van der Waals surface area (Å²) in [7, 11) is 1.57. The second-order valence-corrected chi connectivity index (χ2v) is 9.84. The van der Waals surface area contributed by atoms with Crippen molar-refractivity contribution < 1.29 is 33.3 Å². The van der Waals surface area contributed by atoms with E-state index < -0.39 is 41.0 Å². The molecule has 2 amide bonds. The fourth-order valence-electron chi connectivity index (χ4n) is 3.20. The zero-order valence-electron chi connectivity index (χ0n) is 20.1. The predicted molar refractivity (Wildman–Crippen MR) is 118 cm³/mol. The third-order valence-electron chi connectivity index (χ3n) is 4.61. The first-order chi connectivity index (χ1) is 14.6. The number of imide groups is 1. The molecule has 2 atom stereocenters. The quantitative estimate of drug-likeness (QED) is 0.369. The highest BCUT2D eigenvalue weighted by molar-refractivity contribution is 5.91. The fourth-order valence-corrected chi connectivity index (χ4v) is 3.20. The SMILES string of the molecule is COc1ccc(C[C@H]2N(C(=O)OC(C)(C)C)C(=O)O[C@]2(C)/C=C/C(=O)OC(C)(C)C)cc1. The summed E-state index contributed by atoms with van der Waals surface area (Å²) in [4.78, 5) is 38.8. The Morgan fingerprint density at radius 3 is 2.12 bits per heavy atom. The summed E-state index contributed by atoms with van der Waals surface area (Å²) < 4.78 is 21.5. The van der Waals surface area contributed by atoms with Gasteiger partial charge in [0, 0.05) is 6.08 Å². The number of carbonyl (C=O) groups excluding carboxylic acids is 3. The molecule has 0 N–H and O–H groups in total. The van der Waals surface area contributed by atoms with Gasteiger partial charge in [-0.15, -0.1) is 0 Å². The van der Waals surface area contributed by atoms with Crippen molar-refractivity contribution in [3.05, 3.63) is 42.0 Å². The number of amides is 2. The van der Waals surface area contributed by atoms with Crippen LogP contribution in [-0.4, -0.2) is 53.0 Å². The highest BCUT2D eigenvalue weighted by atomic mass is 16.6. The van der Waals surface area contributed by atoms with Crippen LogP contribution in [0.25, 0.3) is 0 Å². The summed E-state index contributed by atoms with van der Waals surface area (Å²) in [5.41, 5.74) is -1.89. The number of hydrogen-bond donors (Lipinski definition) is 0. The molecule has 1 aliphatic heterocycles. The zero-order valence-corrected chi connectivity index (χ0v) is 20.1. The average Bonchev–Trinajstić information content (AvgIpc) is 2.88. The van der Waals surface area contributed by atoms with E-state index in [0.717, 1.165) is 10.5 Å². The Morgan fingerprint density at radius 1 is 1.06 bits per heavy atom. The lowest BCUT2D eigenvalue weighted by molar-refractivity contribution is -0.148. The molecule has 32 heavy (non-hydrogen) atoms. The van der Waals surface area contributed by atoms with Crippen LogP contribution < -0.4 is 4.74 Å². The molecule has 1 aromatic rings. The maximum Gasteiger partial charge on any atom is 0.420 e. The normalized spacial score (nSPS) is 21.4. The molecule has 1 fully saturated rings. The zero-order chi connectivity index (χ0) is 24.3. The van der Waals surface area contributed by atoms with Crippen molar-refractivity contribution in [1.82, 2.24) is 4.90 Å². The van der Waals surface area contributed by atoms with Gasteiger partial charge in [0.25, 0.3) is 0 Å². The Kier molecular flexibility index (Phi) is 7.27. The summed E-state index contributed by atoms with van der Waals surface area (Å²) in [5, 5.41) is 0. The molecule has 8 nitrogen and oxygen atoms in total. The van der Waals surface area contributed by atoms with E-state index in [9.17, 15) is 14.4 Å². The summed E-state index contributed by atoms with van der Waals surface area (Å²) in [6, 6.07) is 6.51. The molecule has 0 radical (unpaired) electrons. The third kappa shape index (κ3) is 6.73. The van der Waals surface area contributed by atoms with E-state index in [4.69, 9.17) is 18.9 Å². The van der Waals surface area contributed by atoms with Crippen molar-refractivity contribution in [3.8, 4) is 5.75 Å². The molecule has 176 valence electrons. The number of hydrogen-bond acceptors (Lipinski definition) is 7. The largest absolute Gasteiger partial charge is 0.497 e. The van der Waals surface area contributed by atoms with Crippen LogP contribution in [-0.2, 0) is 25.4 Å². The smallest absolute Gasteiger partial charge is 0.420 e. The fraction of sp³-hybridized carbons (Fsp3) is 0.542. The summed E-state index contributed by atoms with van der Waals surface area (Å²) in [5.74, 6) is 0.109. The maximum atomic E-state index is 12.9. The van der Waals surface area contributed by atoms with Crippen LogP contribution in [0, 0.1) is 0 Å². The first-order valence-electron chi connectivity index (χ1n) is 10.4. The van der Waals surface area contributed by atoms with Gasteiger partial charge in [0.1, 0.15) is 17.0 Å². The molecule has 0 spiro atoms. The number of carbonyl (C=O) groups is 3. The molecule has 1 saturated heterocycles. The van der Waals surface area contributed by atoms with Gasteiger partial charge in [0.2, 0.25) is 0 Å². The van der Waals surface area contributed by atoms with Gasteiger partial charge in [-0.05, 0) is 78.7 Å². The number of benzene rings is 1. The van der Waals surface area contributed by atoms with Gasteiger partial charge in [-0.1, -0.05) is 12.1 Å². The molecular formula is C24H33NO7. The number of nitrogens with zero attached hydrogens (tertiary/aromatic N) is 1. The van der Waals surface area contributed by atoms with Crippen LogP contribution in [0.5, 0.6) is 5.75 Å². The van der Waals surface area contributed by atoms with E-state index in [2.05, 4.69) is 0 Å². The minimum absolute atomic E-state index is 0.282. The van der Waals surface area contributed by atoms with E-state index in [1.54, 1.807) is 67.7 Å². The molecule has 0 bridgehead atoms. The standard InChI is InChI=1S/C24H33NO7/c1-22(2,3)30-19(26)13-14-24(7)18(15-16-9-11-17(29-8)12-10-16)25(21(28)32-24)20(27)31-23(4,5)6/h9-14,18H,15H2,1-8H3/b14-13+/t18-,24-/m1/s1. The van der Waals surface area contributed by atoms with E-state index in [1.807, 2.05) is 12.1 Å². The monoisotopic (exact) mass is 447 g/mol. The molecule has 1 heterocycles. The topological polar surface area (TPSA) is 91.4 Å². The van der Waals surface area contributed by atoms with Crippen molar-refractivity contribution >= 4 is 18.2 Å².